The third-order valence-corrected chi connectivity index (χ3v) is 4.90. The number of rotatable bonds is 4. The van der Waals surface area contributed by atoms with Gasteiger partial charge < -0.3 is 9.64 Å². The van der Waals surface area contributed by atoms with Crippen molar-refractivity contribution in [3.8, 4) is 5.75 Å². The summed E-state index contributed by atoms with van der Waals surface area (Å²) in [7, 11) is 1.65. The number of hydrogen-bond acceptors (Lipinski definition) is 2. The molecule has 2 aromatic rings. The third kappa shape index (κ3) is 2.91. The lowest BCUT2D eigenvalue weighted by molar-refractivity contribution is -0.124. The molecule has 0 bridgehead atoms. The number of methoxy groups -OCH3 is 1. The molecule has 3 rings (SSSR count). The molecule has 0 aromatic heterocycles. The van der Waals surface area contributed by atoms with E-state index in [2.05, 4.69) is 31.2 Å². The first-order valence-corrected chi connectivity index (χ1v) is 8.38. The molecule has 24 heavy (non-hydrogen) atoms. The van der Waals surface area contributed by atoms with Crippen LogP contribution < -0.4 is 9.64 Å². The van der Waals surface area contributed by atoms with Gasteiger partial charge in [-0.1, -0.05) is 44.2 Å². The van der Waals surface area contributed by atoms with Crippen LogP contribution >= 0.6 is 0 Å². The Morgan fingerprint density at radius 3 is 2.21 bits per heavy atom. The summed E-state index contributed by atoms with van der Waals surface area (Å²) in [6.07, 6.45) is 1.68. The topological polar surface area (TPSA) is 29.5 Å². The van der Waals surface area contributed by atoms with Crippen molar-refractivity contribution in [2.45, 2.75) is 39.2 Å². The van der Waals surface area contributed by atoms with Crippen LogP contribution in [0.15, 0.2) is 54.6 Å². The van der Waals surface area contributed by atoms with Crippen LogP contribution in [-0.2, 0) is 11.2 Å². The predicted octanol–water partition coefficient (Wildman–Crippen LogP) is 4.46. The van der Waals surface area contributed by atoms with Crippen LogP contribution in [0.2, 0.25) is 0 Å². The number of carbonyl (C=O) groups excluding carboxylic acids is 1. The van der Waals surface area contributed by atoms with Crippen LogP contribution in [0.3, 0.4) is 0 Å². The lowest BCUT2D eigenvalue weighted by Crippen LogP contribution is -2.45. The van der Waals surface area contributed by atoms with Crippen molar-refractivity contribution in [1.29, 1.82) is 0 Å². The molecule has 1 heterocycles. The lowest BCUT2D eigenvalue weighted by atomic mass is 9.81. The summed E-state index contributed by atoms with van der Waals surface area (Å²) in [5.74, 6) is 0.987. The largest absolute Gasteiger partial charge is 0.497 e. The summed E-state index contributed by atoms with van der Waals surface area (Å²) in [6, 6.07) is 18.2. The fourth-order valence-corrected chi connectivity index (χ4v) is 3.99. The van der Waals surface area contributed by atoms with Crippen molar-refractivity contribution in [3.05, 3.63) is 60.2 Å². The first-order chi connectivity index (χ1) is 11.4. The van der Waals surface area contributed by atoms with Gasteiger partial charge in [-0.05, 0) is 49.6 Å². The Morgan fingerprint density at radius 2 is 1.62 bits per heavy atom. The van der Waals surface area contributed by atoms with E-state index >= 15 is 0 Å². The summed E-state index contributed by atoms with van der Waals surface area (Å²) in [5.41, 5.74) is 1.59. The standard InChI is InChI=1S/C21H25NO2/c1-20(2)15-21(3,14-16-8-6-5-7-9-16)22(19(20)23)17-10-12-18(24-4)13-11-17/h5-13H,14-15H2,1-4H3. The molecule has 126 valence electrons. The van der Waals surface area contributed by atoms with Crippen molar-refractivity contribution in [2.75, 3.05) is 12.0 Å². The van der Waals surface area contributed by atoms with Crippen molar-refractivity contribution < 1.29 is 9.53 Å². The predicted molar refractivity (Wildman–Crippen MR) is 97.4 cm³/mol. The highest BCUT2D eigenvalue weighted by atomic mass is 16.5. The van der Waals surface area contributed by atoms with Crippen LogP contribution in [0.1, 0.15) is 32.8 Å². The molecule has 1 aliphatic rings. The van der Waals surface area contributed by atoms with Gasteiger partial charge >= 0.3 is 0 Å². The molecular weight excluding hydrogens is 298 g/mol. The maximum absolute atomic E-state index is 13.1. The quantitative estimate of drug-likeness (QED) is 0.831. The van der Waals surface area contributed by atoms with Crippen molar-refractivity contribution in [1.82, 2.24) is 0 Å². The van der Waals surface area contributed by atoms with Gasteiger partial charge in [-0.3, -0.25) is 4.79 Å². The highest BCUT2D eigenvalue weighted by Gasteiger charge is 2.52. The Bertz CT molecular complexity index is 721. The van der Waals surface area contributed by atoms with E-state index in [1.165, 1.54) is 5.56 Å². The van der Waals surface area contributed by atoms with Crippen LogP contribution in [-0.4, -0.2) is 18.6 Å². The second-order valence-corrected chi connectivity index (χ2v) is 7.56. The normalized spacial score (nSPS) is 22.7. The summed E-state index contributed by atoms with van der Waals surface area (Å²) in [6.45, 7) is 6.28. The SMILES string of the molecule is COc1ccc(N2C(=O)C(C)(C)CC2(C)Cc2ccccc2)cc1. The van der Waals surface area contributed by atoms with Gasteiger partial charge in [0.1, 0.15) is 5.75 Å². The Kier molecular flexibility index (Phi) is 4.12. The smallest absolute Gasteiger partial charge is 0.233 e. The van der Waals surface area contributed by atoms with Gasteiger partial charge in [-0.25, -0.2) is 0 Å². The average molecular weight is 323 g/mol. The van der Waals surface area contributed by atoms with Crippen LogP contribution in [0.25, 0.3) is 0 Å². The Labute approximate surface area is 144 Å². The molecule has 0 radical (unpaired) electrons. The zero-order valence-electron chi connectivity index (χ0n) is 14.9. The molecule has 3 heteroatoms. The minimum atomic E-state index is -0.358. The Balaban J connectivity index is 2.00. The van der Waals surface area contributed by atoms with Gasteiger partial charge in [-0.2, -0.15) is 0 Å². The van der Waals surface area contributed by atoms with Gasteiger partial charge in [0.2, 0.25) is 5.91 Å². The summed E-state index contributed by atoms with van der Waals surface area (Å²) < 4.78 is 5.24. The third-order valence-electron chi connectivity index (χ3n) is 4.90. The first-order valence-electron chi connectivity index (χ1n) is 8.38. The second-order valence-electron chi connectivity index (χ2n) is 7.56. The highest BCUT2D eigenvalue weighted by Crippen LogP contribution is 2.46. The maximum Gasteiger partial charge on any atom is 0.233 e. The van der Waals surface area contributed by atoms with Crippen molar-refractivity contribution >= 4 is 11.6 Å². The Morgan fingerprint density at radius 1 is 1.00 bits per heavy atom. The van der Waals surface area contributed by atoms with E-state index in [1.807, 2.05) is 49.1 Å². The molecule has 0 N–H and O–H groups in total. The van der Waals surface area contributed by atoms with E-state index in [9.17, 15) is 4.79 Å². The number of ether oxygens (including phenoxy) is 1. The fraction of sp³-hybridized carbons (Fsp3) is 0.381. The van der Waals surface area contributed by atoms with Gasteiger partial charge in [0.05, 0.1) is 12.6 Å². The molecule has 1 aliphatic heterocycles. The Hall–Kier alpha value is -2.29. The molecule has 1 unspecified atom stereocenters. The molecule has 1 amide bonds. The van der Waals surface area contributed by atoms with E-state index in [-0.39, 0.29) is 16.9 Å². The minimum Gasteiger partial charge on any atom is -0.497 e. The van der Waals surface area contributed by atoms with Crippen LogP contribution in [0.5, 0.6) is 5.75 Å². The molecule has 2 aromatic carbocycles. The van der Waals surface area contributed by atoms with E-state index in [4.69, 9.17) is 4.74 Å². The van der Waals surface area contributed by atoms with Gasteiger partial charge in [0.25, 0.3) is 0 Å². The molecule has 1 fully saturated rings. The first kappa shape index (κ1) is 16.6. The maximum atomic E-state index is 13.1. The molecule has 1 atom stereocenters. The summed E-state index contributed by atoms with van der Waals surface area (Å²) in [5, 5.41) is 0. The number of benzene rings is 2. The van der Waals surface area contributed by atoms with Crippen LogP contribution in [0, 0.1) is 5.41 Å². The minimum absolute atomic E-state index is 0.186. The van der Waals surface area contributed by atoms with E-state index in [0.29, 0.717) is 0 Å². The molecule has 0 spiro atoms. The number of anilines is 1. The van der Waals surface area contributed by atoms with Gasteiger partial charge in [-0.15, -0.1) is 0 Å². The van der Waals surface area contributed by atoms with E-state index in [1.54, 1.807) is 7.11 Å². The van der Waals surface area contributed by atoms with Crippen molar-refractivity contribution in [3.63, 3.8) is 0 Å². The van der Waals surface area contributed by atoms with Crippen molar-refractivity contribution in [2.24, 2.45) is 5.41 Å². The monoisotopic (exact) mass is 323 g/mol. The van der Waals surface area contributed by atoms with Crippen LogP contribution in [0.4, 0.5) is 5.69 Å². The summed E-state index contributed by atoms with van der Waals surface area (Å²) in [4.78, 5) is 15.1. The average Bonchev–Trinajstić information content (AvgIpc) is 2.73. The lowest BCUT2D eigenvalue weighted by Gasteiger charge is -2.35. The molecule has 1 saturated heterocycles. The number of hydrogen-bond donors (Lipinski definition) is 0. The fourth-order valence-electron chi connectivity index (χ4n) is 3.99. The highest BCUT2D eigenvalue weighted by molar-refractivity contribution is 6.01. The number of carbonyl (C=O) groups is 1. The van der Waals surface area contributed by atoms with Gasteiger partial charge in [0, 0.05) is 11.1 Å². The molecular formula is C21H25NO2. The van der Waals surface area contributed by atoms with E-state index in [0.717, 1.165) is 24.3 Å². The zero-order valence-corrected chi connectivity index (χ0v) is 14.9. The summed E-state index contributed by atoms with van der Waals surface area (Å²) >= 11 is 0. The molecule has 0 aliphatic carbocycles. The number of amides is 1. The zero-order chi connectivity index (χ0) is 17.4. The van der Waals surface area contributed by atoms with E-state index < -0.39 is 0 Å². The second kappa shape index (κ2) is 5.97. The molecule has 0 saturated carbocycles. The number of nitrogens with zero attached hydrogens (tertiary/aromatic N) is 1. The molecule has 3 nitrogen and oxygen atoms in total. The van der Waals surface area contributed by atoms with Gasteiger partial charge in [0.15, 0.2) is 0 Å².